The van der Waals surface area contributed by atoms with Crippen LogP contribution in [0.4, 0.5) is 10.5 Å². The van der Waals surface area contributed by atoms with Crippen molar-refractivity contribution in [3.8, 4) is 0 Å². The molecular weight excluding hydrogens is 394 g/mol. The van der Waals surface area contributed by atoms with Gasteiger partial charge in [-0.2, -0.15) is 0 Å². The second kappa shape index (κ2) is 8.49. The number of amides is 2. The van der Waals surface area contributed by atoms with Crippen LogP contribution in [0.5, 0.6) is 0 Å². The van der Waals surface area contributed by atoms with Gasteiger partial charge in [0.05, 0.1) is 24.2 Å². The third-order valence-corrected chi connectivity index (χ3v) is 7.01. The van der Waals surface area contributed by atoms with Gasteiger partial charge in [0.1, 0.15) is 12.4 Å². The number of hydrogen-bond acceptors (Lipinski definition) is 5. The van der Waals surface area contributed by atoms with Gasteiger partial charge in [-0.05, 0) is 69.8 Å². The SMILES string of the molecule is CCOC(=O)Nc1ccc2c(c1)nc1n2CC(=O)N(CC2CCCN3CCCCC23)C1. The van der Waals surface area contributed by atoms with E-state index in [-0.39, 0.29) is 5.91 Å². The lowest BCUT2D eigenvalue weighted by molar-refractivity contribution is -0.135. The Bertz CT molecular complexity index is 985. The Morgan fingerprint density at radius 2 is 2.06 bits per heavy atom. The number of carbonyl (C=O) groups is 2. The number of hydrogen-bond donors (Lipinski definition) is 1. The molecule has 5 rings (SSSR count). The van der Waals surface area contributed by atoms with Gasteiger partial charge in [-0.15, -0.1) is 0 Å². The first-order valence-electron chi connectivity index (χ1n) is 11.6. The predicted octanol–water partition coefficient (Wildman–Crippen LogP) is 3.21. The van der Waals surface area contributed by atoms with E-state index in [1.807, 2.05) is 27.7 Å². The van der Waals surface area contributed by atoms with Crippen molar-refractivity contribution in [1.29, 1.82) is 0 Å². The summed E-state index contributed by atoms with van der Waals surface area (Å²) in [6.45, 7) is 6.24. The number of aromatic nitrogens is 2. The smallest absolute Gasteiger partial charge is 0.411 e. The number of nitrogens with one attached hydrogen (secondary N) is 1. The van der Waals surface area contributed by atoms with Crippen molar-refractivity contribution < 1.29 is 14.3 Å². The summed E-state index contributed by atoms with van der Waals surface area (Å²) in [4.78, 5) is 34.2. The first-order chi connectivity index (χ1) is 15.1. The summed E-state index contributed by atoms with van der Waals surface area (Å²) in [5, 5.41) is 2.72. The molecule has 4 heterocycles. The van der Waals surface area contributed by atoms with E-state index in [2.05, 4.69) is 10.2 Å². The molecule has 0 radical (unpaired) electrons. The summed E-state index contributed by atoms with van der Waals surface area (Å²) in [5.41, 5.74) is 2.35. The first kappa shape index (κ1) is 20.3. The lowest BCUT2D eigenvalue weighted by Crippen LogP contribution is -2.52. The molecule has 0 spiro atoms. The zero-order valence-corrected chi connectivity index (χ0v) is 18.2. The lowest BCUT2D eigenvalue weighted by Gasteiger charge is -2.46. The third kappa shape index (κ3) is 4.01. The van der Waals surface area contributed by atoms with Gasteiger partial charge in [0.15, 0.2) is 0 Å². The van der Waals surface area contributed by atoms with Crippen LogP contribution in [0.25, 0.3) is 11.0 Å². The summed E-state index contributed by atoms with van der Waals surface area (Å²) < 4.78 is 6.96. The zero-order valence-electron chi connectivity index (χ0n) is 18.2. The van der Waals surface area contributed by atoms with Gasteiger partial charge in [0.2, 0.25) is 5.91 Å². The topological polar surface area (TPSA) is 79.7 Å². The van der Waals surface area contributed by atoms with Crippen LogP contribution in [0, 0.1) is 5.92 Å². The van der Waals surface area contributed by atoms with Crippen LogP contribution in [0.2, 0.25) is 0 Å². The average Bonchev–Trinajstić information content (AvgIpc) is 3.11. The fraction of sp³-hybridized carbons (Fsp3) is 0.609. The van der Waals surface area contributed by atoms with Crippen LogP contribution in [0.3, 0.4) is 0 Å². The number of anilines is 1. The summed E-state index contributed by atoms with van der Waals surface area (Å²) in [5.74, 6) is 1.65. The Morgan fingerprint density at radius 1 is 1.19 bits per heavy atom. The highest BCUT2D eigenvalue weighted by Crippen LogP contribution is 2.32. The summed E-state index contributed by atoms with van der Waals surface area (Å²) in [7, 11) is 0. The molecule has 2 unspecified atom stereocenters. The van der Waals surface area contributed by atoms with E-state index in [4.69, 9.17) is 9.72 Å². The molecular formula is C23H31N5O3. The molecule has 2 fully saturated rings. The van der Waals surface area contributed by atoms with Crippen LogP contribution in [0.1, 0.15) is 44.9 Å². The standard InChI is InChI=1S/C23H31N5O3/c1-2-31-23(30)24-17-8-9-20-18(12-17)25-21-14-27(22(29)15-28(20)21)13-16-6-5-11-26-10-4-3-7-19(16)26/h8-9,12,16,19H,2-7,10-11,13-15H2,1H3,(H,24,30). The molecule has 0 bridgehead atoms. The van der Waals surface area contributed by atoms with Gasteiger partial charge in [0, 0.05) is 18.3 Å². The van der Waals surface area contributed by atoms with Crippen molar-refractivity contribution in [3.63, 3.8) is 0 Å². The number of nitrogens with zero attached hydrogens (tertiary/aromatic N) is 4. The van der Waals surface area contributed by atoms with Crippen molar-refractivity contribution in [2.75, 3.05) is 31.6 Å². The highest BCUT2D eigenvalue weighted by atomic mass is 16.5. The second-order valence-corrected chi connectivity index (χ2v) is 8.94. The molecule has 2 atom stereocenters. The summed E-state index contributed by atoms with van der Waals surface area (Å²) in [6, 6.07) is 6.21. The van der Waals surface area contributed by atoms with E-state index in [1.54, 1.807) is 6.92 Å². The number of ether oxygens (including phenoxy) is 1. The molecule has 8 heteroatoms. The minimum absolute atomic E-state index is 0.174. The first-order valence-corrected chi connectivity index (χ1v) is 11.6. The number of fused-ring (bicyclic) bond motifs is 4. The van der Waals surface area contributed by atoms with Crippen LogP contribution in [-0.2, 0) is 22.6 Å². The van der Waals surface area contributed by atoms with Crippen molar-refractivity contribution in [1.82, 2.24) is 19.4 Å². The fourth-order valence-electron chi connectivity index (χ4n) is 5.57. The predicted molar refractivity (Wildman–Crippen MR) is 118 cm³/mol. The van der Waals surface area contributed by atoms with Crippen molar-refractivity contribution in [2.45, 2.75) is 58.2 Å². The van der Waals surface area contributed by atoms with Gasteiger partial charge < -0.3 is 19.1 Å². The van der Waals surface area contributed by atoms with Gasteiger partial charge in [-0.1, -0.05) is 6.42 Å². The molecule has 2 aromatic rings. The molecule has 0 aliphatic carbocycles. The molecule has 1 aromatic carbocycles. The molecule has 31 heavy (non-hydrogen) atoms. The molecule has 3 aliphatic rings. The van der Waals surface area contributed by atoms with Crippen molar-refractivity contribution >= 4 is 28.7 Å². The van der Waals surface area contributed by atoms with Crippen molar-refractivity contribution in [2.24, 2.45) is 5.92 Å². The summed E-state index contributed by atoms with van der Waals surface area (Å²) in [6.07, 6.45) is 5.85. The van der Waals surface area contributed by atoms with Crippen molar-refractivity contribution in [3.05, 3.63) is 24.0 Å². The Kier molecular flexibility index (Phi) is 5.56. The normalized spacial score (nSPS) is 24.0. The molecule has 2 saturated heterocycles. The Morgan fingerprint density at radius 3 is 2.94 bits per heavy atom. The van der Waals surface area contributed by atoms with E-state index in [9.17, 15) is 9.59 Å². The number of benzene rings is 1. The Balaban J connectivity index is 1.32. The van der Waals surface area contributed by atoms with Gasteiger partial charge >= 0.3 is 6.09 Å². The van der Waals surface area contributed by atoms with Gasteiger partial charge in [0.25, 0.3) is 0 Å². The summed E-state index contributed by atoms with van der Waals surface area (Å²) >= 11 is 0. The molecule has 166 valence electrons. The molecule has 8 nitrogen and oxygen atoms in total. The quantitative estimate of drug-likeness (QED) is 0.814. The van der Waals surface area contributed by atoms with E-state index >= 15 is 0 Å². The fourth-order valence-corrected chi connectivity index (χ4v) is 5.57. The van der Waals surface area contributed by atoms with Crippen LogP contribution in [0.15, 0.2) is 18.2 Å². The highest BCUT2D eigenvalue weighted by Gasteiger charge is 2.36. The largest absolute Gasteiger partial charge is 0.450 e. The monoisotopic (exact) mass is 425 g/mol. The van der Waals surface area contributed by atoms with Crippen LogP contribution in [-0.4, -0.2) is 63.6 Å². The maximum Gasteiger partial charge on any atom is 0.411 e. The van der Waals surface area contributed by atoms with Gasteiger partial charge in [-0.25, -0.2) is 9.78 Å². The number of imidazole rings is 1. The number of carbonyl (C=O) groups excluding carboxylic acids is 2. The molecule has 1 N–H and O–H groups in total. The molecule has 1 aromatic heterocycles. The molecule has 3 aliphatic heterocycles. The zero-order chi connectivity index (χ0) is 21.4. The van der Waals surface area contributed by atoms with Crippen LogP contribution >= 0.6 is 0 Å². The van der Waals surface area contributed by atoms with Gasteiger partial charge in [-0.3, -0.25) is 10.1 Å². The average molecular weight is 426 g/mol. The minimum atomic E-state index is -0.476. The Labute approximate surface area is 182 Å². The van der Waals surface area contributed by atoms with E-state index < -0.39 is 6.09 Å². The van der Waals surface area contributed by atoms with E-state index in [0.717, 1.165) is 23.4 Å². The molecule has 2 amide bonds. The van der Waals surface area contributed by atoms with Crippen LogP contribution < -0.4 is 5.32 Å². The minimum Gasteiger partial charge on any atom is -0.450 e. The maximum absolute atomic E-state index is 13.0. The third-order valence-electron chi connectivity index (χ3n) is 7.01. The molecule has 0 saturated carbocycles. The lowest BCUT2D eigenvalue weighted by atomic mass is 9.83. The number of piperidine rings is 2. The maximum atomic E-state index is 13.0. The Hall–Kier alpha value is -2.61. The second-order valence-electron chi connectivity index (χ2n) is 8.94. The highest BCUT2D eigenvalue weighted by molar-refractivity contribution is 5.90. The van der Waals surface area contributed by atoms with E-state index in [0.29, 0.717) is 37.3 Å². The van der Waals surface area contributed by atoms with E-state index in [1.165, 1.54) is 45.2 Å². The number of rotatable bonds is 4.